The molecule has 2 atom stereocenters. The van der Waals surface area contributed by atoms with E-state index in [4.69, 9.17) is 4.42 Å². The van der Waals surface area contributed by atoms with Crippen molar-refractivity contribution in [3.05, 3.63) is 35.6 Å². The van der Waals surface area contributed by atoms with E-state index in [1.165, 1.54) is 17.4 Å². The van der Waals surface area contributed by atoms with Gasteiger partial charge in [-0.25, -0.2) is 0 Å². The molecule has 0 fully saturated rings. The molecule has 104 valence electrons. The van der Waals surface area contributed by atoms with Crippen LogP contribution in [0.25, 0.3) is 11.0 Å². The molecule has 0 aliphatic carbocycles. The number of furan rings is 1. The summed E-state index contributed by atoms with van der Waals surface area (Å²) in [6, 6.07) is 8.56. The van der Waals surface area contributed by atoms with E-state index in [2.05, 4.69) is 57.3 Å². The summed E-state index contributed by atoms with van der Waals surface area (Å²) in [5.74, 6) is 2.12. The quantitative estimate of drug-likeness (QED) is 0.774. The first-order valence-electron chi connectivity index (χ1n) is 7.32. The SMILES string of the molecule is CCCNCC(C)C(C)c1cc2cc(C)ccc2o1. The fraction of sp³-hybridized carbons (Fsp3) is 0.529. The minimum Gasteiger partial charge on any atom is -0.461 e. The third kappa shape index (κ3) is 3.38. The van der Waals surface area contributed by atoms with Crippen LogP contribution in [0, 0.1) is 12.8 Å². The topological polar surface area (TPSA) is 25.2 Å². The van der Waals surface area contributed by atoms with E-state index in [1.54, 1.807) is 0 Å². The molecule has 0 spiro atoms. The summed E-state index contributed by atoms with van der Waals surface area (Å²) in [5, 5.41) is 4.70. The van der Waals surface area contributed by atoms with Gasteiger partial charge in [0.25, 0.3) is 0 Å². The first-order valence-corrected chi connectivity index (χ1v) is 7.32. The Labute approximate surface area is 116 Å². The maximum atomic E-state index is 5.98. The molecule has 2 rings (SSSR count). The predicted octanol–water partition coefficient (Wildman–Crippen LogP) is 4.48. The van der Waals surface area contributed by atoms with Gasteiger partial charge < -0.3 is 9.73 Å². The number of fused-ring (bicyclic) bond motifs is 1. The van der Waals surface area contributed by atoms with Crippen molar-refractivity contribution in [1.82, 2.24) is 5.32 Å². The number of nitrogens with one attached hydrogen (secondary N) is 1. The number of rotatable bonds is 6. The third-order valence-electron chi connectivity index (χ3n) is 3.89. The fourth-order valence-corrected chi connectivity index (χ4v) is 2.37. The van der Waals surface area contributed by atoms with Crippen LogP contribution in [0.5, 0.6) is 0 Å². The number of hydrogen-bond donors (Lipinski definition) is 1. The molecule has 0 aliphatic heterocycles. The van der Waals surface area contributed by atoms with E-state index in [9.17, 15) is 0 Å². The Morgan fingerprint density at radius 3 is 2.74 bits per heavy atom. The average molecular weight is 259 g/mol. The lowest BCUT2D eigenvalue weighted by Crippen LogP contribution is -2.24. The summed E-state index contributed by atoms with van der Waals surface area (Å²) in [6.07, 6.45) is 1.19. The van der Waals surface area contributed by atoms with Crippen LogP contribution in [0.4, 0.5) is 0 Å². The van der Waals surface area contributed by atoms with Gasteiger partial charge in [-0.3, -0.25) is 0 Å². The largest absolute Gasteiger partial charge is 0.461 e. The van der Waals surface area contributed by atoms with Crippen LogP contribution in [-0.4, -0.2) is 13.1 Å². The lowest BCUT2D eigenvalue weighted by molar-refractivity contribution is 0.391. The molecule has 0 bridgehead atoms. The van der Waals surface area contributed by atoms with Gasteiger partial charge in [0.1, 0.15) is 11.3 Å². The van der Waals surface area contributed by atoms with E-state index >= 15 is 0 Å². The van der Waals surface area contributed by atoms with Crippen LogP contribution < -0.4 is 5.32 Å². The minimum atomic E-state index is 0.442. The summed E-state index contributed by atoms with van der Waals surface area (Å²) >= 11 is 0. The molecule has 0 saturated heterocycles. The van der Waals surface area contributed by atoms with Gasteiger partial charge in [-0.05, 0) is 50.6 Å². The molecule has 2 heteroatoms. The van der Waals surface area contributed by atoms with Gasteiger partial charge in [0.05, 0.1) is 0 Å². The van der Waals surface area contributed by atoms with Gasteiger partial charge in [-0.15, -0.1) is 0 Å². The maximum Gasteiger partial charge on any atom is 0.134 e. The maximum absolute atomic E-state index is 5.98. The number of aryl methyl sites for hydroxylation is 1. The molecule has 2 unspecified atom stereocenters. The Balaban J connectivity index is 2.10. The van der Waals surface area contributed by atoms with Crippen molar-refractivity contribution in [2.45, 2.75) is 40.0 Å². The second-order valence-corrected chi connectivity index (χ2v) is 5.66. The minimum absolute atomic E-state index is 0.442. The van der Waals surface area contributed by atoms with Crippen molar-refractivity contribution in [2.24, 2.45) is 5.92 Å². The van der Waals surface area contributed by atoms with E-state index in [0.29, 0.717) is 11.8 Å². The Morgan fingerprint density at radius 2 is 2.00 bits per heavy atom. The van der Waals surface area contributed by atoms with Crippen LogP contribution in [0.1, 0.15) is 44.4 Å². The van der Waals surface area contributed by atoms with Crippen molar-refractivity contribution >= 4 is 11.0 Å². The van der Waals surface area contributed by atoms with Crippen molar-refractivity contribution in [2.75, 3.05) is 13.1 Å². The van der Waals surface area contributed by atoms with Crippen LogP contribution in [0.3, 0.4) is 0 Å². The highest BCUT2D eigenvalue weighted by molar-refractivity contribution is 5.78. The zero-order chi connectivity index (χ0) is 13.8. The van der Waals surface area contributed by atoms with Gasteiger partial charge in [0, 0.05) is 11.3 Å². The van der Waals surface area contributed by atoms with Crippen LogP contribution in [0.2, 0.25) is 0 Å². The van der Waals surface area contributed by atoms with Gasteiger partial charge in [0.15, 0.2) is 0 Å². The standard InChI is InChI=1S/C17H25NO/c1-5-8-18-11-13(3)14(4)17-10-15-9-12(2)6-7-16(15)19-17/h6-7,9-10,13-14,18H,5,8,11H2,1-4H3. The van der Waals surface area contributed by atoms with E-state index in [1.807, 2.05) is 0 Å². The van der Waals surface area contributed by atoms with Crippen molar-refractivity contribution < 1.29 is 4.42 Å². The van der Waals surface area contributed by atoms with Gasteiger partial charge in [0.2, 0.25) is 0 Å². The monoisotopic (exact) mass is 259 g/mol. The van der Waals surface area contributed by atoms with Gasteiger partial charge in [-0.1, -0.05) is 32.4 Å². The molecule has 0 aliphatic rings. The zero-order valence-electron chi connectivity index (χ0n) is 12.5. The van der Waals surface area contributed by atoms with Gasteiger partial charge in [-0.2, -0.15) is 0 Å². The van der Waals surface area contributed by atoms with Crippen molar-refractivity contribution in [3.63, 3.8) is 0 Å². The second kappa shape index (κ2) is 6.25. The Bertz CT molecular complexity index is 529. The molecule has 0 saturated carbocycles. The zero-order valence-corrected chi connectivity index (χ0v) is 12.5. The third-order valence-corrected chi connectivity index (χ3v) is 3.89. The molecular weight excluding hydrogens is 234 g/mol. The summed E-state index contributed by atoms with van der Waals surface area (Å²) < 4.78 is 5.98. The molecule has 1 N–H and O–H groups in total. The highest BCUT2D eigenvalue weighted by Crippen LogP contribution is 2.29. The summed E-state index contributed by atoms with van der Waals surface area (Å²) in [4.78, 5) is 0. The fourth-order valence-electron chi connectivity index (χ4n) is 2.37. The number of hydrogen-bond acceptors (Lipinski definition) is 2. The molecule has 2 aromatic rings. The van der Waals surface area contributed by atoms with Gasteiger partial charge >= 0.3 is 0 Å². The van der Waals surface area contributed by atoms with Crippen LogP contribution in [-0.2, 0) is 0 Å². The van der Waals surface area contributed by atoms with Crippen LogP contribution in [0.15, 0.2) is 28.7 Å². The van der Waals surface area contributed by atoms with E-state index in [-0.39, 0.29) is 0 Å². The predicted molar refractivity (Wildman–Crippen MR) is 81.7 cm³/mol. The van der Waals surface area contributed by atoms with Crippen LogP contribution >= 0.6 is 0 Å². The normalized spacial score (nSPS) is 14.7. The molecule has 0 radical (unpaired) electrons. The summed E-state index contributed by atoms with van der Waals surface area (Å²) in [6.45, 7) is 11.0. The molecule has 1 aromatic heterocycles. The first-order chi connectivity index (χ1) is 9.11. The van der Waals surface area contributed by atoms with Crippen molar-refractivity contribution in [3.8, 4) is 0 Å². The van der Waals surface area contributed by atoms with E-state index < -0.39 is 0 Å². The Morgan fingerprint density at radius 1 is 1.21 bits per heavy atom. The molecule has 19 heavy (non-hydrogen) atoms. The average Bonchev–Trinajstić information content (AvgIpc) is 2.80. The molecule has 2 nitrogen and oxygen atoms in total. The highest BCUT2D eigenvalue weighted by Gasteiger charge is 2.18. The molecule has 0 amide bonds. The highest BCUT2D eigenvalue weighted by atomic mass is 16.3. The second-order valence-electron chi connectivity index (χ2n) is 5.66. The van der Waals surface area contributed by atoms with E-state index in [0.717, 1.165) is 24.4 Å². The Hall–Kier alpha value is -1.28. The lowest BCUT2D eigenvalue weighted by Gasteiger charge is -2.18. The lowest BCUT2D eigenvalue weighted by atomic mass is 9.93. The summed E-state index contributed by atoms with van der Waals surface area (Å²) in [7, 11) is 0. The summed E-state index contributed by atoms with van der Waals surface area (Å²) in [5.41, 5.74) is 2.28. The number of benzene rings is 1. The Kier molecular flexibility index (Phi) is 4.65. The first kappa shape index (κ1) is 14.1. The smallest absolute Gasteiger partial charge is 0.134 e. The molecule has 1 aromatic carbocycles. The molecular formula is C17H25NO. The van der Waals surface area contributed by atoms with Crippen molar-refractivity contribution in [1.29, 1.82) is 0 Å². The molecule has 1 heterocycles.